The van der Waals surface area contributed by atoms with Crippen LogP contribution in [-0.2, 0) is 11.3 Å². The number of likely N-dealkylation sites (N-methyl/N-ethyl adjacent to an activating group) is 1. The van der Waals surface area contributed by atoms with Crippen LogP contribution in [0.3, 0.4) is 0 Å². The van der Waals surface area contributed by atoms with Gasteiger partial charge in [-0.3, -0.25) is 9.69 Å². The summed E-state index contributed by atoms with van der Waals surface area (Å²) in [6.45, 7) is -0.783. The van der Waals surface area contributed by atoms with Gasteiger partial charge in [0.25, 0.3) is 0 Å². The van der Waals surface area contributed by atoms with Gasteiger partial charge in [-0.25, -0.2) is 0 Å². The number of carboxylic acids is 1. The van der Waals surface area contributed by atoms with Crippen LogP contribution in [0.15, 0.2) is 18.2 Å². The number of nitrogens with zero attached hydrogens (tertiary/aromatic N) is 1. The highest BCUT2D eigenvalue weighted by Gasteiger charge is 2.21. The first-order chi connectivity index (χ1) is 9.88. The second kappa shape index (κ2) is 7.78. The van der Waals surface area contributed by atoms with Crippen LogP contribution < -0.4 is 9.47 Å². The van der Waals surface area contributed by atoms with E-state index in [0.717, 1.165) is 5.56 Å². The third-order valence-electron chi connectivity index (χ3n) is 3.08. The molecule has 0 spiro atoms. The maximum absolute atomic E-state index is 12.2. The third kappa shape index (κ3) is 4.86. The standard InChI is InChI=1S/C14H19F2NO4/c1-4-10(13(18)19)17(2)8-9-5-6-11(21-14(15)16)12(7-9)20-3/h5-7,10,14H,4,8H2,1-3H3,(H,18,19). The van der Waals surface area contributed by atoms with Crippen LogP contribution in [0.2, 0.25) is 0 Å². The molecule has 1 aromatic rings. The fourth-order valence-electron chi connectivity index (χ4n) is 2.08. The summed E-state index contributed by atoms with van der Waals surface area (Å²) in [5.41, 5.74) is 0.746. The molecule has 1 unspecified atom stereocenters. The van der Waals surface area contributed by atoms with E-state index in [2.05, 4.69) is 4.74 Å². The number of alkyl halides is 2. The van der Waals surface area contributed by atoms with Crippen LogP contribution in [0.25, 0.3) is 0 Å². The van der Waals surface area contributed by atoms with E-state index in [1.165, 1.54) is 13.2 Å². The van der Waals surface area contributed by atoms with Gasteiger partial charge in [0.2, 0.25) is 0 Å². The molecule has 1 N–H and O–H groups in total. The zero-order chi connectivity index (χ0) is 16.0. The Morgan fingerprint density at radius 3 is 2.52 bits per heavy atom. The van der Waals surface area contributed by atoms with Crippen LogP contribution in [0, 0.1) is 0 Å². The van der Waals surface area contributed by atoms with E-state index in [4.69, 9.17) is 9.84 Å². The van der Waals surface area contributed by atoms with Crippen molar-refractivity contribution in [2.75, 3.05) is 14.2 Å². The van der Waals surface area contributed by atoms with Crippen molar-refractivity contribution >= 4 is 5.97 Å². The Morgan fingerprint density at radius 1 is 1.38 bits per heavy atom. The lowest BCUT2D eigenvalue weighted by molar-refractivity contribution is -0.143. The predicted octanol–water partition coefficient (Wildman–Crippen LogP) is 2.59. The molecular formula is C14H19F2NO4. The van der Waals surface area contributed by atoms with Crippen molar-refractivity contribution < 1.29 is 28.2 Å². The summed E-state index contributed by atoms with van der Waals surface area (Å²) in [7, 11) is 3.05. The molecule has 1 rings (SSSR count). The van der Waals surface area contributed by atoms with Gasteiger partial charge in [0.05, 0.1) is 7.11 Å². The van der Waals surface area contributed by atoms with E-state index in [1.807, 2.05) is 0 Å². The molecule has 0 amide bonds. The van der Waals surface area contributed by atoms with Crippen molar-refractivity contribution in [2.45, 2.75) is 32.5 Å². The molecule has 0 radical (unpaired) electrons. The van der Waals surface area contributed by atoms with Crippen LogP contribution in [-0.4, -0.2) is 42.8 Å². The Morgan fingerprint density at radius 2 is 2.05 bits per heavy atom. The Balaban J connectivity index is 2.87. The number of rotatable bonds is 8. The monoisotopic (exact) mass is 303 g/mol. The highest BCUT2D eigenvalue weighted by atomic mass is 19.3. The number of halogens is 2. The SMILES string of the molecule is CCC(C(=O)O)N(C)Cc1ccc(OC(F)F)c(OC)c1. The third-order valence-corrected chi connectivity index (χ3v) is 3.08. The summed E-state index contributed by atoms with van der Waals surface area (Å²) in [6, 6.07) is 3.94. The van der Waals surface area contributed by atoms with E-state index in [9.17, 15) is 13.6 Å². The average Bonchev–Trinajstić information content (AvgIpc) is 2.40. The number of methoxy groups -OCH3 is 1. The average molecular weight is 303 g/mol. The van der Waals surface area contributed by atoms with Crippen molar-refractivity contribution in [3.8, 4) is 11.5 Å². The van der Waals surface area contributed by atoms with Gasteiger partial charge < -0.3 is 14.6 Å². The lowest BCUT2D eigenvalue weighted by atomic mass is 10.1. The smallest absolute Gasteiger partial charge is 0.387 e. The molecule has 1 atom stereocenters. The largest absolute Gasteiger partial charge is 0.493 e. The molecular weight excluding hydrogens is 284 g/mol. The van der Waals surface area contributed by atoms with E-state index in [0.29, 0.717) is 13.0 Å². The molecule has 5 nitrogen and oxygen atoms in total. The molecule has 0 aliphatic rings. The van der Waals surface area contributed by atoms with Crippen molar-refractivity contribution in [1.29, 1.82) is 0 Å². The number of aliphatic carboxylic acids is 1. The minimum absolute atomic E-state index is 0.0517. The van der Waals surface area contributed by atoms with E-state index in [1.54, 1.807) is 31.0 Å². The lowest BCUT2D eigenvalue weighted by Gasteiger charge is -2.23. The number of benzene rings is 1. The first-order valence-corrected chi connectivity index (χ1v) is 6.43. The second-order valence-corrected chi connectivity index (χ2v) is 4.54. The second-order valence-electron chi connectivity index (χ2n) is 4.54. The van der Waals surface area contributed by atoms with Crippen LogP contribution >= 0.6 is 0 Å². The fraction of sp³-hybridized carbons (Fsp3) is 0.500. The van der Waals surface area contributed by atoms with Crippen LogP contribution in [0.5, 0.6) is 11.5 Å². The first-order valence-electron chi connectivity index (χ1n) is 6.43. The van der Waals surface area contributed by atoms with Gasteiger partial charge in [-0.05, 0) is 31.2 Å². The zero-order valence-electron chi connectivity index (χ0n) is 12.2. The van der Waals surface area contributed by atoms with E-state index >= 15 is 0 Å². The molecule has 0 bridgehead atoms. The summed E-state index contributed by atoms with van der Waals surface area (Å²) in [4.78, 5) is 12.8. The molecule has 0 fully saturated rings. The molecule has 21 heavy (non-hydrogen) atoms. The highest BCUT2D eigenvalue weighted by molar-refractivity contribution is 5.73. The minimum atomic E-state index is -2.93. The van der Waals surface area contributed by atoms with Crippen molar-refractivity contribution in [3.05, 3.63) is 23.8 Å². The van der Waals surface area contributed by atoms with E-state index < -0.39 is 18.6 Å². The Hall–Kier alpha value is -1.89. The summed E-state index contributed by atoms with van der Waals surface area (Å²) in [5.74, 6) is -0.765. The predicted molar refractivity (Wildman–Crippen MR) is 72.8 cm³/mol. The van der Waals surface area contributed by atoms with Gasteiger partial charge in [-0.2, -0.15) is 8.78 Å². The van der Waals surface area contributed by atoms with Crippen LogP contribution in [0.4, 0.5) is 8.78 Å². The maximum atomic E-state index is 12.2. The molecule has 1 aromatic carbocycles. The molecule has 7 heteroatoms. The van der Waals surface area contributed by atoms with Crippen molar-refractivity contribution in [3.63, 3.8) is 0 Å². The molecule has 0 saturated carbocycles. The van der Waals surface area contributed by atoms with Gasteiger partial charge in [0.1, 0.15) is 6.04 Å². The van der Waals surface area contributed by atoms with Gasteiger partial charge in [-0.1, -0.05) is 13.0 Å². The quantitative estimate of drug-likeness (QED) is 0.800. The van der Waals surface area contributed by atoms with Gasteiger partial charge in [0, 0.05) is 6.54 Å². The number of carboxylic acid groups (broad SMARTS) is 1. The topological polar surface area (TPSA) is 59.0 Å². The van der Waals surface area contributed by atoms with Crippen LogP contribution in [0.1, 0.15) is 18.9 Å². The highest BCUT2D eigenvalue weighted by Crippen LogP contribution is 2.30. The zero-order valence-corrected chi connectivity index (χ0v) is 12.2. The maximum Gasteiger partial charge on any atom is 0.387 e. The number of carbonyl (C=O) groups is 1. The van der Waals surface area contributed by atoms with E-state index in [-0.39, 0.29) is 11.5 Å². The molecule has 0 aliphatic carbocycles. The lowest BCUT2D eigenvalue weighted by Crippen LogP contribution is -2.37. The summed E-state index contributed by atoms with van der Waals surface area (Å²) < 4.78 is 33.8. The first kappa shape index (κ1) is 17.2. The molecule has 0 heterocycles. The summed E-state index contributed by atoms with van der Waals surface area (Å²) >= 11 is 0. The minimum Gasteiger partial charge on any atom is -0.493 e. The Labute approximate surface area is 122 Å². The number of ether oxygens (including phenoxy) is 2. The molecule has 118 valence electrons. The normalized spacial score (nSPS) is 12.5. The van der Waals surface area contributed by atoms with Crippen molar-refractivity contribution in [2.24, 2.45) is 0 Å². The Kier molecular flexibility index (Phi) is 6.36. The Bertz CT molecular complexity index is 482. The van der Waals surface area contributed by atoms with Gasteiger partial charge >= 0.3 is 12.6 Å². The molecule has 0 aliphatic heterocycles. The summed E-state index contributed by atoms with van der Waals surface area (Å²) in [5, 5.41) is 9.10. The number of hydrogen-bond acceptors (Lipinski definition) is 4. The van der Waals surface area contributed by atoms with Gasteiger partial charge in [-0.15, -0.1) is 0 Å². The summed E-state index contributed by atoms with van der Waals surface area (Å²) in [6.07, 6.45) is 0.468. The number of hydrogen-bond donors (Lipinski definition) is 1. The molecule has 0 aromatic heterocycles. The van der Waals surface area contributed by atoms with Gasteiger partial charge in [0.15, 0.2) is 11.5 Å². The fourth-order valence-corrected chi connectivity index (χ4v) is 2.08. The van der Waals surface area contributed by atoms with Crippen molar-refractivity contribution in [1.82, 2.24) is 4.90 Å². The molecule has 0 saturated heterocycles.